The lowest BCUT2D eigenvalue weighted by atomic mass is 10.1. The zero-order valence-electron chi connectivity index (χ0n) is 10.6. The molecule has 0 bridgehead atoms. The van der Waals surface area contributed by atoms with E-state index in [4.69, 9.17) is 0 Å². The van der Waals surface area contributed by atoms with Crippen molar-refractivity contribution < 1.29 is 13.2 Å². The summed E-state index contributed by atoms with van der Waals surface area (Å²) in [5.74, 6) is 0. The fourth-order valence-electron chi connectivity index (χ4n) is 2.19. The first-order valence-corrected chi connectivity index (χ1v) is 6.92. The second-order valence-electron chi connectivity index (χ2n) is 4.55. The van der Waals surface area contributed by atoms with E-state index in [1.165, 1.54) is 12.3 Å². The summed E-state index contributed by atoms with van der Waals surface area (Å²) >= 11 is 1.60. The Hall–Kier alpha value is -1.82. The van der Waals surface area contributed by atoms with E-state index >= 15 is 0 Å². The van der Waals surface area contributed by atoms with Gasteiger partial charge in [0, 0.05) is 10.3 Å². The van der Waals surface area contributed by atoms with Crippen molar-refractivity contribution >= 4 is 22.2 Å². The Morgan fingerprint density at radius 3 is 2.70 bits per heavy atom. The van der Waals surface area contributed by atoms with E-state index in [0.717, 1.165) is 17.0 Å². The van der Waals surface area contributed by atoms with Crippen LogP contribution in [0.3, 0.4) is 0 Å². The second kappa shape index (κ2) is 4.63. The molecule has 1 unspecified atom stereocenters. The van der Waals surface area contributed by atoms with Gasteiger partial charge in [-0.05, 0) is 36.6 Å². The fraction of sp³-hybridized carbons (Fsp3) is 0.214. The van der Waals surface area contributed by atoms with Crippen molar-refractivity contribution in [2.24, 2.45) is 0 Å². The predicted octanol–water partition coefficient (Wildman–Crippen LogP) is 4.73. The van der Waals surface area contributed by atoms with Gasteiger partial charge in [0.15, 0.2) is 0 Å². The first-order chi connectivity index (χ1) is 9.47. The highest BCUT2D eigenvalue weighted by Gasteiger charge is 2.30. The monoisotopic (exact) mass is 296 g/mol. The van der Waals surface area contributed by atoms with Crippen molar-refractivity contribution in [2.45, 2.75) is 19.1 Å². The van der Waals surface area contributed by atoms with Crippen LogP contribution < -0.4 is 0 Å². The van der Waals surface area contributed by atoms with Gasteiger partial charge >= 0.3 is 6.18 Å². The maximum absolute atomic E-state index is 12.7. The molecule has 0 N–H and O–H groups in total. The molecule has 0 aliphatic rings. The molecular formula is C14H11F3N2S. The van der Waals surface area contributed by atoms with Crippen molar-refractivity contribution in [1.82, 2.24) is 9.78 Å². The maximum Gasteiger partial charge on any atom is 0.416 e. The SMILES string of the molecule is CC(c1cccs1)n1ncc2cc(C(F)(F)F)ccc21. The zero-order valence-corrected chi connectivity index (χ0v) is 11.4. The smallest absolute Gasteiger partial charge is 0.257 e. The molecule has 3 aromatic rings. The third-order valence-electron chi connectivity index (χ3n) is 3.24. The average molecular weight is 296 g/mol. The summed E-state index contributed by atoms with van der Waals surface area (Å²) < 4.78 is 39.8. The van der Waals surface area contributed by atoms with Gasteiger partial charge in [0.2, 0.25) is 0 Å². The third-order valence-corrected chi connectivity index (χ3v) is 4.29. The molecule has 0 radical (unpaired) electrons. The molecule has 2 heterocycles. The summed E-state index contributed by atoms with van der Waals surface area (Å²) in [7, 11) is 0. The van der Waals surface area contributed by atoms with Crippen LogP contribution in [-0.4, -0.2) is 9.78 Å². The minimum Gasteiger partial charge on any atom is -0.257 e. The van der Waals surface area contributed by atoms with Crippen molar-refractivity contribution in [3.8, 4) is 0 Å². The number of fused-ring (bicyclic) bond motifs is 1. The molecule has 0 saturated heterocycles. The van der Waals surface area contributed by atoms with Crippen LogP contribution in [0.15, 0.2) is 41.9 Å². The van der Waals surface area contributed by atoms with Crippen LogP contribution in [0.2, 0.25) is 0 Å². The molecule has 0 amide bonds. The van der Waals surface area contributed by atoms with Crippen molar-refractivity contribution in [3.05, 3.63) is 52.3 Å². The Balaban J connectivity index is 2.06. The molecule has 0 spiro atoms. The van der Waals surface area contributed by atoms with Gasteiger partial charge in [-0.15, -0.1) is 11.3 Å². The highest BCUT2D eigenvalue weighted by atomic mass is 32.1. The molecule has 1 aromatic carbocycles. The van der Waals surface area contributed by atoms with Crippen molar-refractivity contribution in [1.29, 1.82) is 0 Å². The highest BCUT2D eigenvalue weighted by molar-refractivity contribution is 7.10. The number of aromatic nitrogens is 2. The van der Waals surface area contributed by atoms with Gasteiger partial charge in [-0.1, -0.05) is 6.07 Å². The van der Waals surface area contributed by atoms with E-state index in [9.17, 15) is 13.2 Å². The van der Waals surface area contributed by atoms with Crippen LogP contribution in [-0.2, 0) is 6.18 Å². The minimum absolute atomic E-state index is 0.00392. The largest absolute Gasteiger partial charge is 0.416 e. The normalized spacial score (nSPS) is 13.8. The topological polar surface area (TPSA) is 17.8 Å². The number of halogens is 3. The Bertz CT molecular complexity index is 729. The Morgan fingerprint density at radius 1 is 1.25 bits per heavy atom. The molecule has 0 fully saturated rings. The van der Waals surface area contributed by atoms with Crippen LogP contribution in [0.4, 0.5) is 13.2 Å². The zero-order chi connectivity index (χ0) is 14.3. The molecular weight excluding hydrogens is 285 g/mol. The Morgan fingerprint density at radius 2 is 2.05 bits per heavy atom. The number of hydrogen-bond donors (Lipinski definition) is 0. The van der Waals surface area contributed by atoms with Gasteiger partial charge in [0.25, 0.3) is 0 Å². The summed E-state index contributed by atoms with van der Waals surface area (Å²) in [6.45, 7) is 1.98. The number of nitrogens with zero attached hydrogens (tertiary/aromatic N) is 2. The molecule has 0 aliphatic heterocycles. The number of thiophene rings is 1. The number of rotatable bonds is 2. The minimum atomic E-state index is -4.32. The van der Waals surface area contributed by atoms with Crippen molar-refractivity contribution in [3.63, 3.8) is 0 Å². The number of hydrogen-bond acceptors (Lipinski definition) is 2. The standard InChI is InChI=1S/C14H11F3N2S/c1-9(13-3-2-6-20-13)19-12-5-4-11(14(15,16)17)7-10(12)8-18-19/h2-9H,1H3. The van der Waals surface area contributed by atoms with Gasteiger partial charge in [-0.3, -0.25) is 4.68 Å². The van der Waals surface area contributed by atoms with Crippen LogP contribution in [0.25, 0.3) is 10.9 Å². The molecule has 20 heavy (non-hydrogen) atoms. The first kappa shape index (κ1) is 13.2. The lowest BCUT2D eigenvalue weighted by Gasteiger charge is -2.12. The average Bonchev–Trinajstić information content (AvgIpc) is 3.06. The molecule has 2 nitrogen and oxygen atoms in total. The summed E-state index contributed by atoms with van der Waals surface area (Å²) in [6, 6.07) is 7.66. The molecule has 2 aromatic heterocycles. The fourth-order valence-corrected chi connectivity index (χ4v) is 2.96. The number of alkyl halides is 3. The molecule has 0 aliphatic carbocycles. The lowest BCUT2D eigenvalue weighted by Crippen LogP contribution is -2.07. The van der Waals surface area contributed by atoms with E-state index in [2.05, 4.69) is 5.10 Å². The molecule has 1 atom stereocenters. The van der Waals surface area contributed by atoms with Crippen LogP contribution in [0, 0.1) is 0 Å². The highest BCUT2D eigenvalue weighted by Crippen LogP contribution is 2.32. The van der Waals surface area contributed by atoms with Gasteiger partial charge < -0.3 is 0 Å². The third kappa shape index (κ3) is 2.20. The molecule has 6 heteroatoms. The molecule has 3 rings (SSSR count). The quantitative estimate of drug-likeness (QED) is 0.668. The maximum atomic E-state index is 12.7. The lowest BCUT2D eigenvalue weighted by molar-refractivity contribution is -0.137. The molecule has 104 valence electrons. The van der Waals surface area contributed by atoms with E-state index in [-0.39, 0.29) is 6.04 Å². The van der Waals surface area contributed by atoms with E-state index in [1.807, 2.05) is 24.4 Å². The summed E-state index contributed by atoms with van der Waals surface area (Å²) in [5, 5.41) is 6.70. The van der Waals surface area contributed by atoms with E-state index < -0.39 is 11.7 Å². The summed E-state index contributed by atoms with van der Waals surface area (Å²) in [4.78, 5) is 1.12. The van der Waals surface area contributed by atoms with E-state index in [1.54, 1.807) is 16.0 Å². The van der Waals surface area contributed by atoms with Gasteiger partial charge in [-0.2, -0.15) is 18.3 Å². The first-order valence-electron chi connectivity index (χ1n) is 6.04. The van der Waals surface area contributed by atoms with Crippen LogP contribution in [0.1, 0.15) is 23.4 Å². The predicted molar refractivity (Wildman–Crippen MR) is 72.9 cm³/mol. The summed E-state index contributed by atoms with van der Waals surface area (Å²) in [6.07, 6.45) is -2.84. The van der Waals surface area contributed by atoms with Gasteiger partial charge in [0.05, 0.1) is 23.3 Å². The van der Waals surface area contributed by atoms with Crippen LogP contribution in [0.5, 0.6) is 0 Å². The van der Waals surface area contributed by atoms with Crippen LogP contribution >= 0.6 is 11.3 Å². The molecule has 0 saturated carbocycles. The van der Waals surface area contributed by atoms with Crippen molar-refractivity contribution in [2.75, 3.05) is 0 Å². The van der Waals surface area contributed by atoms with Gasteiger partial charge in [-0.25, -0.2) is 0 Å². The Kier molecular flexibility index (Phi) is 3.05. The second-order valence-corrected chi connectivity index (χ2v) is 5.53. The van der Waals surface area contributed by atoms with Gasteiger partial charge in [0.1, 0.15) is 0 Å². The number of benzene rings is 1. The summed E-state index contributed by atoms with van der Waals surface area (Å²) in [5.41, 5.74) is 0.0622. The Labute approximate surface area is 117 Å². The van der Waals surface area contributed by atoms with E-state index in [0.29, 0.717) is 10.9 Å².